The first kappa shape index (κ1) is 13.2. The average Bonchev–Trinajstić information content (AvgIpc) is 2.50. The minimum Gasteiger partial charge on any atom is -0.363 e. The Kier molecular flexibility index (Phi) is 5.50. The summed E-state index contributed by atoms with van der Waals surface area (Å²) in [5.74, 6) is 0. The highest BCUT2D eigenvalue weighted by Gasteiger charge is 2.18. The second kappa shape index (κ2) is 5.83. The van der Waals surface area contributed by atoms with Crippen molar-refractivity contribution in [2.24, 2.45) is 0 Å². The lowest BCUT2D eigenvalue weighted by Crippen LogP contribution is -2.22. The summed E-state index contributed by atoms with van der Waals surface area (Å²) >= 11 is 0. The van der Waals surface area contributed by atoms with E-state index in [4.69, 9.17) is 0 Å². The van der Waals surface area contributed by atoms with Crippen molar-refractivity contribution in [1.29, 1.82) is 0 Å². The maximum absolute atomic E-state index is 10.3. The molecule has 0 amide bonds. The second-order valence-electron chi connectivity index (χ2n) is 2.83. The number of carbonyl (C=O) groups excluding carboxylic acids is 1. The zero-order chi connectivity index (χ0) is 8.39. The molecule has 0 aliphatic carbocycles. The van der Waals surface area contributed by atoms with Gasteiger partial charge in [0.25, 0.3) is 0 Å². The predicted molar refractivity (Wildman–Crippen MR) is 60.7 cm³/mol. The Labute approximate surface area is 95.3 Å². The van der Waals surface area contributed by atoms with Gasteiger partial charge < -0.3 is 9.69 Å². The number of aromatic nitrogens is 1. The number of nitrogens with zero attached hydrogens (tertiary/aromatic N) is 2. The molecular weight excluding hydrogens is 223 g/mol. The fourth-order valence-corrected chi connectivity index (χ4v) is 1.55. The van der Waals surface area contributed by atoms with Crippen molar-refractivity contribution in [1.82, 2.24) is 4.98 Å². The molecule has 0 aromatic carbocycles. The molecule has 14 heavy (non-hydrogen) atoms. The van der Waals surface area contributed by atoms with E-state index in [0.29, 0.717) is 6.54 Å². The van der Waals surface area contributed by atoms with Crippen molar-refractivity contribution < 1.29 is 4.79 Å². The predicted octanol–water partition coefficient (Wildman–Crippen LogP) is 1.49. The Hall–Kier alpha value is -0.800. The van der Waals surface area contributed by atoms with Gasteiger partial charge in [0.15, 0.2) is 0 Å². The summed E-state index contributed by atoms with van der Waals surface area (Å²) in [7, 11) is 0. The van der Waals surface area contributed by atoms with E-state index < -0.39 is 0 Å². The van der Waals surface area contributed by atoms with Crippen LogP contribution in [0.4, 0.5) is 5.69 Å². The molecule has 5 heteroatoms. The Morgan fingerprint density at radius 2 is 2.29 bits per heavy atom. The smallest absolute Gasteiger partial charge is 0.139 e. The quantitative estimate of drug-likeness (QED) is 0.728. The normalized spacial score (nSPS) is 12.4. The molecule has 78 valence electrons. The van der Waals surface area contributed by atoms with Crippen LogP contribution in [0.3, 0.4) is 0 Å². The number of halogens is 2. The number of aldehydes is 1. The van der Waals surface area contributed by atoms with Crippen LogP contribution in [0.1, 0.15) is 5.69 Å². The fraction of sp³-hybridized carbons (Fsp3) is 0.333. The number of hydrogen-bond acceptors (Lipinski definition) is 3. The van der Waals surface area contributed by atoms with Gasteiger partial charge in [0.05, 0.1) is 17.9 Å². The molecule has 3 nitrogen and oxygen atoms in total. The van der Waals surface area contributed by atoms with E-state index in [0.717, 1.165) is 30.6 Å². The summed E-state index contributed by atoms with van der Waals surface area (Å²) in [6, 6.07) is 3.92. The summed E-state index contributed by atoms with van der Waals surface area (Å²) in [5.41, 5.74) is 2.23. The molecule has 1 aliphatic rings. The topological polar surface area (TPSA) is 33.2 Å². The molecule has 0 saturated heterocycles. The lowest BCUT2D eigenvalue weighted by Gasteiger charge is -2.14. The van der Waals surface area contributed by atoms with Gasteiger partial charge in [0.1, 0.15) is 6.29 Å². The van der Waals surface area contributed by atoms with Crippen LogP contribution in [0.5, 0.6) is 0 Å². The number of pyridine rings is 1. The van der Waals surface area contributed by atoms with Crippen LogP contribution < -0.4 is 4.90 Å². The van der Waals surface area contributed by atoms with Gasteiger partial charge in [0, 0.05) is 19.2 Å². The van der Waals surface area contributed by atoms with Crippen LogP contribution in [-0.4, -0.2) is 24.4 Å². The van der Waals surface area contributed by atoms with Crippen LogP contribution >= 0.6 is 24.8 Å². The summed E-state index contributed by atoms with van der Waals surface area (Å²) in [6.07, 6.45) is 3.69. The van der Waals surface area contributed by atoms with E-state index in [2.05, 4.69) is 9.88 Å². The molecule has 1 aromatic rings. The zero-order valence-electron chi connectivity index (χ0n) is 7.55. The Morgan fingerprint density at radius 1 is 1.50 bits per heavy atom. The second-order valence-corrected chi connectivity index (χ2v) is 2.83. The van der Waals surface area contributed by atoms with E-state index in [1.807, 2.05) is 12.1 Å². The molecule has 0 unspecified atom stereocenters. The molecule has 0 saturated carbocycles. The highest BCUT2D eigenvalue weighted by atomic mass is 35.5. The monoisotopic (exact) mass is 234 g/mol. The van der Waals surface area contributed by atoms with Gasteiger partial charge in [-0.1, -0.05) is 0 Å². The van der Waals surface area contributed by atoms with Gasteiger partial charge in [0.2, 0.25) is 0 Å². The molecule has 0 fully saturated rings. The van der Waals surface area contributed by atoms with Crippen LogP contribution in [0.25, 0.3) is 0 Å². The number of rotatable bonds is 2. The summed E-state index contributed by atoms with van der Waals surface area (Å²) < 4.78 is 0. The maximum atomic E-state index is 10.3. The number of anilines is 1. The molecule has 2 heterocycles. The minimum atomic E-state index is 0. The Morgan fingerprint density at radius 3 is 3.00 bits per heavy atom. The van der Waals surface area contributed by atoms with Crippen LogP contribution in [0, 0.1) is 0 Å². The van der Waals surface area contributed by atoms with E-state index in [-0.39, 0.29) is 24.8 Å². The highest BCUT2D eigenvalue weighted by molar-refractivity contribution is 5.85. The van der Waals surface area contributed by atoms with Crippen molar-refractivity contribution >= 4 is 36.8 Å². The Balaban J connectivity index is 0.000000845. The fourth-order valence-electron chi connectivity index (χ4n) is 1.55. The number of carbonyl (C=O) groups is 1. The molecular formula is C9H12Cl2N2O. The lowest BCUT2D eigenvalue weighted by molar-refractivity contribution is -0.106. The van der Waals surface area contributed by atoms with Crippen molar-refractivity contribution in [2.75, 3.05) is 18.0 Å². The molecule has 0 atom stereocenters. The summed E-state index contributed by atoms with van der Waals surface area (Å²) in [6.45, 7) is 1.41. The van der Waals surface area contributed by atoms with Gasteiger partial charge in [-0.05, 0) is 12.1 Å². The van der Waals surface area contributed by atoms with Gasteiger partial charge in [-0.15, -0.1) is 24.8 Å². The maximum Gasteiger partial charge on any atom is 0.139 e. The van der Waals surface area contributed by atoms with Crippen LogP contribution in [-0.2, 0) is 11.2 Å². The van der Waals surface area contributed by atoms with Crippen LogP contribution in [0.15, 0.2) is 18.3 Å². The van der Waals surface area contributed by atoms with E-state index in [9.17, 15) is 4.79 Å². The summed E-state index contributed by atoms with van der Waals surface area (Å²) in [4.78, 5) is 16.6. The van der Waals surface area contributed by atoms with E-state index >= 15 is 0 Å². The SMILES string of the molecule is Cl.Cl.O=CCN1CCc2ncccc21. The highest BCUT2D eigenvalue weighted by Crippen LogP contribution is 2.24. The first-order valence-electron chi connectivity index (χ1n) is 4.04. The number of fused-ring (bicyclic) bond motifs is 1. The van der Waals surface area contributed by atoms with Gasteiger partial charge in [-0.2, -0.15) is 0 Å². The average molecular weight is 235 g/mol. The standard InChI is InChI=1S/C9H10N2O.2ClH/c12-7-6-11-5-3-8-9(11)2-1-4-10-8;;/h1-2,4,7H,3,5-6H2;2*1H. The third kappa shape index (κ3) is 2.36. The summed E-state index contributed by atoms with van der Waals surface area (Å²) in [5, 5.41) is 0. The van der Waals surface area contributed by atoms with E-state index in [1.54, 1.807) is 6.20 Å². The molecule has 0 spiro atoms. The lowest BCUT2D eigenvalue weighted by atomic mass is 10.3. The van der Waals surface area contributed by atoms with Crippen molar-refractivity contribution in [3.63, 3.8) is 0 Å². The zero-order valence-corrected chi connectivity index (χ0v) is 9.18. The Bertz CT molecular complexity index is 307. The first-order chi connectivity index (χ1) is 5.92. The molecule has 0 N–H and O–H groups in total. The van der Waals surface area contributed by atoms with Crippen molar-refractivity contribution in [3.8, 4) is 0 Å². The minimum absolute atomic E-state index is 0. The third-order valence-electron chi connectivity index (χ3n) is 2.12. The van der Waals surface area contributed by atoms with Crippen molar-refractivity contribution in [2.45, 2.75) is 6.42 Å². The molecule has 2 rings (SSSR count). The number of hydrogen-bond donors (Lipinski definition) is 0. The van der Waals surface area contributed by atoms with Gasteiger partial charge >= 0.3 is 0 Å². The van der Waals surface area contributed by atoms with E-state index in [1.165, 1.54) is 0 Å². The van der Waals surface area contributed by atoms with Gasteiger partial charge in [-0.25, -0.2) is 0 Å². The largest absolute Gasteiger partial charge is 0.363 e. The third-order valence-corrected chi connectivity index (χ3v) is 2.12. The molecule has 0 radical (unpaired) electrons. The first-order valence-corrected chi connectivity index (χ1v) is 4.04. The van der Waals surface area contributed by atoms with Gasteiger partial charge in [-0.3, -0.25) is 4.98 Å². The molecule has 0 bridgehead atoms. The van der Waals surface area contributed by atoms with Crippen molar-refractivity contribution in [3.05, 3.63) is 24.0 Å². The molecule has 1 aliphatic heterocycles. The van der Waals surface area contributed by atoms with Crippen LogP contribution in [0.2, 0.25) is 0 Å². The molecule has 1 aromatic heterocycles.